The second kappa shape index (κ2) is 7.11. The highest BCUT2D eigenvalue weighted by atomic mass is 16.2. The molecule has 8 nitrogen and oxygen atoms in total. The topological polar surface area (TPSA) is 106 Å². The van der Waals surface area contributed by atoms with Crippen LogP contribution in [0.2, 0.25) is 0 Å². The molecule has 0 spiro atoms. The second-order valence-corrected chi connectivity index (χ2v) is 7.27. The summed E-state index contributed by atoms with van der Waals surface area (Å²) in [7, 11) is 0. The lowest BCUT2D eigenvalue weighted by Gasteiger charge is -2.34. The number of primary amides is 1. The zero-order chi connectivity index (χ0) is 19.0. The number of fused-ring (bicyclic) bond motifs is 1. The monoisotopic (exact) mass is 368 g/mol. The van der Waals surface area contributed by atoms with E-state index in [1.165, 1.54) is 4.90 Å². The first-order valence-electron chi connectivity index (χ1n) is 9.36. The molecular weight excluding hydrogens is 344 g/mol. The predicted molar refractivity (Wildman–Crippen MR) is 98.9 cm³/mol. The van der Waals surface area contributed by atoms with Crippen molar-refractivity contribution in [2.75, 3.05) is 13.1 Å². The molecule has 4 rings (SSSR count). The number of carbonyl (C=O) groups is 2. The van der Waals surface area contributed by atoms with Gasteiger partial charge < -0.3 is 16.0 Å². The van der Waals surface area contributed by atoms with Gasteiger partial charge in [-0.1, -0.05) is 29.5 Å². The molecule has 8 heteroatoms. The SMILES string of the molecule is Cc1c(C(=O)N2Cc3ccccc3C[C@H]2C(N)=O)nnn1C1CCNCC1. The lowest BCUT2D eigenvalue weighted by molar-refractivity contribution is -0.122. The van der Waals surface area contributed by atoms with E-state index < -0.39 is 11.9 Å². The van der Waals surface area contributed by atoms with Crippen LogP contribution in [0.3, 0.4) is 0 Å². The van der Waals surface area contributed by atoms with E-state index in [-0.39, 0.29) is 11.9 Å². The molecule has 0 radical (unpaired) electrons. The Kier molecular flexibility index (Phi) is 4.65. The highest BCUT2D eigenvalue weighted by Crippen LogP contribution is 2.26. The van der Waals surface area contributed by atoms with Crippen LogP contribution >= 0.6 is 0 Å². The molecule has 0 aliphatic carbocycles. The Bertz CT molecular complexity index is 871. The van der Waals surface area contributed by atoms with E-state index in [4.69, 9.17) is 5.73 Å². The van der Waals surface area contributed by atoms with Crippen LogP contribution < -0.4 is 11.1 Å². The summed E-state index contributed by atoms with van der Waals surface area (Å²) >= 11 is 0. The Balaban J connectivity index is 1.63. The molecule has 0 unspecified atom stereocenters. The Hall–Kier alpha value is -2.74. The molecule has 2 aromatic rings. The quantitative estimate of drug-likeness (QED) is 0.824. The fourth-order valence-electron chi connectivity index (χ4n) is 4.06. The molecule has 3 N–H and O–H groups in total. The van der Waals surface area contributed by atoms with E-state index in [1.807, 2.05) is 35.9 Å². The van der Waals surface area contributed by atoms with Crippen molar-refractivity contribution in [3.63, 3.8) is 0 Å². The van der Waals surface area contributed by atoms with Crippen molar-refractivity contribution in [3.05, 3.63) is 46.8 Å². The maximum Gasteiger partial charge on any atom is 0.277 e. The van der Waals surface area contributed by atoms with E-state index in [0.29, 0.717) is 18.7 Å². The molecule has 142 valence electrons. The first-order valence-corrected chi connectivity index (χ1v) is 9.36. The maximum atomic E-state index is 13.2. The van der Waals surface area contributed by atoms with Crippen LogP contribution in [0.15, 0.2) is 24.3 Å². The molecular formula is C19H24N6O2. The highest BCUT2D eigenvalue weighted by Gasteiger charge is 2.36. The number of nitrogens with one attached hydrogen (secondary N) is 1. The normalized spacial score (nSPS) is 20.3. The summed E-state index contributed by atoms with van der Waals surface area (Å²) in [5.74, 6) is -0.785. The number of piperidine rings is 1. The number of aromatic nitrogens is 3. The van der Waals surface area contributed by atoms with Gasteiger partial charge in [-0.3, -0.25) is 9.59 Å². The van der Waals surface area contributed by atoms with Crippen LogP contribution in [-0.4, -0.2) is 50.8 Å². The number of nitrogens with two attached hydrogens (primary N) is 1. The smallest absolute Gasteiger partial charge is 0.277 e. The number of benzene rings is 1. The van der Waals surface area contributed by atoms with Crippen molar-refractivity contribution < 1.29 is 9.59 Å². The number of amides is 2. The minimum atomic E-state index is -0.671. The summed E-state index contributed by atoms with van der Waals surface area (Å²) in [5, 5.41) is 11.7. The van der Waals surface area contributed by atoms with Gasteiger partial charge >= 0.3 is 0 Å². The fraction of sp³-hybridized carbons (Fsp3) is 0.474. The van der Waals surface area contributed by atoms with Gasteiger partial charge in [0.25, 0.3) is 5.91 Å². The molecule has 2 aliphatic heterocycles. The Labute approximate surface area is 157 Å². The Morgan fingerprint density at radius 1 is 1.19 bits per heavy atom. The van der Waals surface area contributed by atoms with E-state index >= 15 is 0 Å². The molecule has 1 saturated heterocycles. The van der Waals surface area contributed by atoms with Gasteiger partial charge in [-0.2, -0.15) is 0 Å². The van der Waals surface area contributed by atoms with Crippen molar-refractivity contribution in [2.45, 2.75) is 44.8 Å². The fourth-order valence-corrected chi connectivity index (χ4v) is 4.06. The summed E-state index contributed by atoms with van der Waals surface area (Å²) in [5.41, 5.74) is 8.75. The van der Waals surface area contributed by atoms with E-state index in [0.717, 1.165) is 42.8 Å². The lowest BCUT2D eigenvalue weighted by atomic mass is 9.93. The summed E-state index contributed by atoms with van der Waals surface area (Å²) < 4.78 is 1.85. The second-order valence-electron chi connectivity index (χ2n) is 7.27. The van der Waals surface area contributed by atoms with Crippen LogP contribution in [0, 0.1) is 6.92 Å². The van der Waals surface area contributed by atoms with Gasteiger partial charge in [0, 0.05) is 13.0 Å². The van der Waals surface area contributed by atoms with E-state index in [9.17, 15) is 9.59 Å². The van der Waals surface area contributed by atoms with Gasteiger partial charge in [-0.05, 0) is 44.0 Å². The van der Waals surface area contributed by atoms with Gasteiger partial charge in [-0.15, -0.1) is 5.10 Å². The number of hydrogen-bond acceptors (Lipinski definition) is 5. The van der Waals surface area contributed by atoms with Crippen LogP contribution in [0.5, 0.6) is 0 Å². The van der Waals surface area contributed by atoms with Gasteiger partial charge in [0.05, 0.1) is 11.7 Å². The zero-order valence-electron chi connectivity index (χ0n) is 15.4. The largest absolute Gasteiger partial charge is 0.368 e. The molecule has 1 aromatic heterocycles. The number of nitrogens with zero attached hydrogens (tertiary/aromatic N) is 4. The molecule has 0 bridgehead atoms. The van der Waals surface area contributed by atoms with Gasteiger partial charge in [0.15, 0.2) is 5.69 Å². The standard InChI is InChI=1S/C19H24N6O2/c1-12-17(22-23-25(12)15-6-8-21-9-7-15)19(27)24-11-14-5-3-2-4-13(14)10-16(24)18(20)26/h2-5,15-16,21H,6-11H2,1H3,(H2,20,26)/t16-/m0/s1. The minimum Gasteiger partial charge on any atom is -0.368 e. The molecule has 2 aliphatic rings. The third-order valence-electron chi connectivity index (χ3n) is 5.62. The zero-order valence-corrected chi connectivity index (χ0v) is 15.4. The van der Waals surface area contributed by atoms with Crippen molar-refractivity contribution >= 4 is 11.8 Å². The molecule has 1 fully saturated rings. The third-order valence-corrected chi connectivity index (χ3v) is 5.62. The van der Waals surface area contributed by atoms with Crippen molar-refractivity contribution in [1.29, 1.82) is 0 Å². The summed E-state index contributed by atoms with van der Waals surface area (Å²) in [6, 6.07) is 7.40. The third kappa shape index (κ3) is 3.21. The molecule has 27 heavy (non-hydrogen) atoms. The molecule has 2 amide bonds. The van der Waals surface area contributed by atoms with Gasteiger partial charge in [0.1, 0.15) is 6.04 Å². The van der Waals surface area contributed by atoms with Gasteiger partial charge in [0.2, 0.25) is 5.91 Å². The number of rotatable bonds is 3. The van der Waals surface area contributed by atoms with E-state index in [2.05, 4.69) is 15.6 Å². The Morgan fingerprint density at radius 3 is 2.59 bits per heavy atom. The predicted octanol–water partition coefficient (Wildman–Crippen LogP) is 0.563. The number of hydrogen-bond donors (Lipinski definition) is 2. The van der Waals surface area contributed by atoms with Crippen molar-refractivity contribution in [2.24, 2.45) is 5.73 Å². The summed E-state index contributed by atoms with van der Waals surface area (Å²) in [6.45, 7) is 4.08. The lowest BCUT2D eigenvalue weighted by Crippen LogP contribution is -2.51. The van der Waals surface area contributed by atoms with Crippen LogP contribution in [0.4, 0.5) is 0 Å². The molecule has 3 heterocycles. The average Bonchev–Trinajstić information content (AvgIpc) is 3.08. The van der Waals surface area contributed by atoms with Crippen molar-refractivity contribution in [3.8, 4) is 0 Å². The van der Waals surface area contributed by atoms with E-state index in [1.54, 1.807) is 0 Å². The minimum absolute atomic E-state index is 0.245. The first kappa shape index (κ1) is 17.7. The van der Waals surface area contributed by atoms with Gasteiger partial charge in [-0.25, -0.2) is 4.68 Å². The molecule has 0 saturated carbocycles. The first-order chi connectivity index (χ1) is 13.1. The average molecular weight is 368 g/mol. The van der Waals surface area contributed by atoms with Crippen LogP contribution in [0.25, 0.3) is 0 Å². The highest BCUT2D eigenvalue weighted by molar-refractivity contribution is 5.97. The molecule has 1 aromatic carbocycles. The summed E-state index contributed by atoms with van der Waals surface area (Å²) in [6.07, 6.45) is 2.34. The Morgan fingerprint density at radius 2 is 1.89 bits per heavy atom. The number of carbonyl (C=O) groups excluding carboxylic acids is 2. The van der Waals surface area contributed by atoms with Crippen LogP contribution in [-0.2, 0) is 17.8 Å². The van der Waals surface area contributed by atoms with Crippen LogP contribution in [0.1, 0.15) is 46.2 Å². The van der Waals surface area contributed by atoms with Crippen molar-refractivity contribution in [1.82, 2.24) is 25.2 Å². The maximum absolute atomic E-state index is 13.2. The molecule has 1 atom stereocenters. The summed E-state index contributed by atoms with van der Waals surface area (Å²) in [4.78, 5) is 26.8.